The number of nitrogens with zero attached hydrogens (tertiary/aromatic N) is 1. The molecule has 0 aromatic rings. The summed E-state index contributed by atoms with van der Waals surface area (Å²) in [5, 5.41) is 8.65. The Labute approximate surface area is 217 Å². The Balaban J connectivity index is 3.55. The molecule has 0 aliphatic carbocycles. The molecule has 0 bridgehead atoms. The first-order valence-corrected chi connectivity index (χ1v) is 16.0. The Bertz CT molecular complexity index is 594. The number of hydrogen-bond acceptors (Lipinski definition) is 2. The summed E-state index contributed by atoms with van der Waals surface area (Å²) in [6, 6.07) is 0. The third kappa shape index (κ3) is 21.4. The Morgan fingerprint density at radius 3 is 1.40 bits per heavy atom. The molecule has 35 heavy (non-hydrogen) atoms. The predicted molar refractivity (Wildman–Crippen MR) is 152 cm³/mol. The Kier molecular flexibility index (Phi) is 20.3. The Morgan fingerprint density at radius 2 is 1.00 bits per heavy atom. The molecule has 0 fully saturated rings. The van der Waals surface area contributed by atoms with Crippen molar-refractivity contribution in [2.24, 2.45) is 0 Å². The lowest BCUT2D eigenvalue weighted by Gasteiger charge is -2.35. The van der Waals surface area contributed by atoms with Crippen molar-refractivity contribution in [3.63, 3.8) is 0 Å². The molecule has 0 aliphatic heterocycles. The number of quaternary nitrogens is 1. The van der Waals surface area contributed by atoms with Crippen LogP contribution in [0.15, 0.2) is 24.3 Å². The molecule has 208 valence electrons. The van der Waals surface area contributed by atoms with Gasteiger partial charge in [-0.2, -0.15) is 0 Å². The summed E-state index contributed by atoms with van der Waals surface area (Å²) < 4.78 is 12.1. The van der Waals surface area contributed by atoms with Gasteiger partial charge in [0.05, 0.1) is 21.1 Å². The van der Waals surface area contributed by atoms with Gasteiger partial charge in [0.2, 0.25) is 5.34 Å². The number of hydrogen-bond donors (Lipinski definition) is 3. The van der Waals surface area contributed by atoms with Crippen molar-refractivity contribution in [2.45, 2.75) is 134 Å². The van der Waals surface area contributed by atoms with Crippen LogP contribution in [0.4, 0.5) is 0 Å². The van der Waals surface area contributed by atoms with Crippen LogP contribution in [-0.4, -0.2) is 52.4 Å². The van der Waals surface area contributed by atoms with Gasteiger partial charge < -0.3 is 19.4 Å². The van der Waals surface area contributed by atoms with E-state index in [4.69, 9.17) is 0 Å². The number of aliphatic hydroxyl groups is 1. The molecule has 6 heteroatoms. The van der Waals surface area contributed by atoms with Gasteiger partial charge in [0.1, 0.15) is 6.54 Å². The molecule has 0 saturated heterocycles. The van der Waals surface area contributed by atoms with Crippen LogP contribution in [0.2, 0.25) is 0 Å². The maximum Gasteiger partial charge on any atom is 0.362 e. The number of rotatable bonds is 24. The van der Waals surface area contributed by atoms with Crippen LogP contribution >= 0.6 is 7.60 Å². The molecule has 1 atom stereocenters. The molecule has 0 spiro atoms. The Morgan fingerprint density at radius 1 is 0.629 bits per heavy atom. The second-order valence-corrected chi connectivity index (χ2v) is 13.3. The molecule has 1 unspecified atom stereocenters. The van der Waals surface area contributed by atoms with Crippen LogP contribution in [0.25, 0.3) is 0 Å². The summed E-state index contributed by atoms with van der Waals surface area (Å²) >= 11 is 0. The maximum atomic E-state index is 11.8. The summed E-state index contributed by atoms with van der Waals surface area (Å²) in [6.07, 6.45) is 31.2. The van der Waals surface area contributed by atoms with Crippen molar-refractivity contribution in [3.05, 3.63) is 24.3 Å². The second-order valence-electron chi connectivity index (χ2n) is 11.4. The second kappa shape index (κ2) is 20.6. The lowest BCUT2D eigenvalue weighted by atomic mass is 10.0. The van der Waals surface area contributed by atoms with Gasteiger partial charge in [0, 0.05) is 0 Å². The summed E-state index contributed by atoms with van der Waals surface area (Å²) in [4.78, 5) is 19.2. The van der Waals surface area contributed by atoms with Crippen LogP contribution in [0.5, 0.6) is 0 Å². The summed E-state index contributed by atoms with van der Waals surface area (Å²) in [5.74, 6) is 0. The third-order valence-corrected chi connectivity index (χ3v) is 7.97. The first-order chi connectivity index (χ1) is 16.5. The van der Waals surface area contributed by atoms with Crippen LogP contribution in [0, 0.1) is 0 Å². The Hall–Kier alpha value is -0.450. The van der Waals surface area contributed by atoms with E-state index in [1.54, 1.807) is 0 Å². The van der Waals surface area contributed by atoms with E-state index in [1.165, 1.54) is 96.3 Å². The molecular weight excluding hydrogens is 457 g/mol. The van der Waals surface area contributed by atoms with Gasteiger partial charge in [-0.3, -0.25) is 4.57 Å². The summed E-state index contributed by atoms with van der Waals surface area (Å²) in [5.41, 5.74) is 0. The highest BCUT2D eigenvalue weighted by Crippen LogP contribution is 2.52. The summed E-state index contributed by atoms with van der Waals surface area (Å²) in [7, 11) is 0.978. The van der Waals surface area contributed by atoms with Gasteiger partial charge in [-0.15, -0.1) is 0 Å². The van der Waals surface area contributed by atoms with E-state index in [2.05, 4.69) is 31.2 Å². The van der Waals surface area contributed by atoms with Gasteiger partial charge in [-0.1, -0.05) is 102 Å². The predicted octanol–water partition coefficient (Wildman–Crippen LogP) is 8.10. The van der Waals surface area contributed by atoms with E-state index in [0.717, 1.165) is 12.8 Å². The molecule has 0 aliphatic rings. The zero-order chi connectivity index (χ0) is 26.5. The van der Waals surface area contributed by atoms with Crippen LogP contribution in [0.3, 0.4) is 0 Å². The van der Waals surface area contributed by atoms with E-state index in [9.17, 15) is 19.5 Å². The minimum atomic E-state index is -4.55. The van der Waals surface area contributed by atoms with E-state index in [-0.39, 0.29) is 13.0 Å². The molecule has 3 N–H and O–H groups in total. The molecule has 0 amide bonds. The van der Waals surface area contributed by atoms with E-state index < -0.39 is 12.9 Å². The van der Waals surface area contributed by atoms with E-state index in [0.29, 0.717) is 10.9 Å². The van der Waals surface area contributed by atoms with Crippen molar-refractivity contribution >= 4 is 7.60 Å². The fraction of sp³-hybridized carbons (Fsp3) is 0.862. The molecule has 0 rings (SSSR count). The largest absolute Gasteiger partial charge is 0.373 e. The van der Waals surface area contributed by atoms with Crippen molar-refractivity contribution in [2.75, 3.05) is 27.7 Å². The fourth-order valence-corrected chi connectivity index (χ4v) is 5.57. The number of allylic oxidation sites excluding steroid dienone is 4. The third-order valence-electron chi connectivity index (χ3n) is 6.53. The molecule has 5 nitrogen and oxygen atoms in total. The quantitative estimate of drug-likeness (QED) is 0.0524. The average Bonchev–Trinajstić information content (AvgIpc) is 2.75. The van der Waals surface area contributed by atoms with Gasteiger partial charge in [-0.25, -0.2) is 0 Å². The number of unbranched alkanes of at least 4 members (excludes halogenated alkanes) is 15. The average molecular weight is 517 g/mol. The molecule has 0 radical (unpaired) electrons. The summed E-state index contributed by atoms with van der Waals surface area (Å²) in [6.45, 7) is 2.31. The first-order valence-electron chi connectivity index (χ1n) is 14.4. The zero-order valence-electron chi connectivity index (χ0n) is 23.6. The van der Waals surface area contributed by atoms with Gasteiger partial charge in [0.25, 0.3) is 0 Å². The number of likely N-dealkylation sites (N-methyl/N-ethyl adjacent to an activating group) is 1. The van der Waals surface area contributed by atoms with Crippen molar-refractivity contribution in [1.29, 1.82) is 0 Å². The van der Waals surface area contributed by atoms with Crippen molar-refractivity contribution in [3.8, 4) is 0 Å². The molecular formula is C29H59NO4P+. The smallest absolute Gasteiger partial charge is 0.362 e. The molecule has 0 aromatic carbocycles. The normalized spacial score (nSPS) is 14.8. The van der Waals surface area contributed by atoms with Crippen LogP contribution in [-0.2, 0) is 4.57 Å². The standard InChI is InChI=1S/C29H58NO4P/c1-5-6-7-8-9-10-11-12-13-14-15-16-17-18-19-20-21-22-23-24-25-26-27-29(31,35(32,33)34)28-30(2,3)4/h9-10,13-14,31H,5-8,11-12,15-28H2,1-4H3,(H-,32,33,34)/p+1/b10-9-,14-13-. The van der Waals surface area contributed by atoms with Crippen molar-refractivity contribution < 1.29 is 23.9 Å². The molecule has 0 saturated carbocycles. The first kappa shape index (κ1) is 34.6. The zero-order valence-corrected chi connectivity index (χ0v) is 24.5. The van der Waals surface area contributed by atoms with Gasteiger partial charge in [0.15, 0.2) is 0 Å². The van der Waals surface area contributed by atoms with Crippen molar-refractivity contribution in [1.82, 2.24) is 0 Å². The van der Waals surface area contributed by atoms with Gasteiger partial charge in [-0.05, 0) is 51.4 Å². The monoisotopic (exact) mass is 516 g/mol. The van der Waals surface area contributed by atoms with E-state index in [1.807, 2.05) is 21.1 Å². The van der Waals surface area contributed by atoms with Crippen LogP contribution in [0.1, 0.15) is 129 Å². The SMILES string of the molecule is CCCCC/C=C\CC/C=C\CCCCCCCCCCCCCC(O)(C[N+](C)(C)C)P(=O)(O)O. The highest BCUT2D eigenvalue weighted by molar-refractivity contribution is 7.53. The lowest BCUT2D eigenvalue weighted by molar-refractivity contribution is -0.875. The minimum absolute atomic E-state index is 0.0599. The minimum Gasteiger partial charge on any atom is -0.373 e. The van der Waals surface area contributed by atoms with Crippen LogP contribution < -0.4 is 0 Å². The fourth-order valence-electron chi connectivity index (χ4n) is 4.51. The topological polar surface area (TPSA) is 77.8 Å². The highest BCUT2D eigenvalue weighted by atomic mass is 31.2. The molecule has 0 heterocycles. The van der Waals surface area contributed by atoms with Gasteiger partial charge >= 0.3 is 7.60 Å². The highest BCUT2D eigenvalue weighted by Gasteiger charge is 2.48. The maximum absolute atomic E-state index is 11.8. The lowest BCUT2D eigenvalue weighted by Crippen LogP contribution is -2.49. The molecule has 0 aromatic heterocycles. The van der Waals surface area contributed by atoms with E-state index >= 15 is 0 Å².